The van der Waals surface area contributed by atoms with Crippen LogP contribution in [0.1, 0.15) is 0 Å². The van der Waals surface area contributed by atoms with E-state index < -0.39 is 0 Å². The van der Waals surface area contributed by atoms with Crippen molar-refractivity contribution in [2.24, 2.45) is 0 Å². The summed E-state index contributed by atoms with van der Waals surface area (Å²) in [5.41, 5.74) is 15.7. The lowest BCUT2D eigenvalue weighted by atomic mass is 9.98. The molecule has 9 nitrogen and oxygen atoms in total. The number of fused-ring (bicyclic) bond motifs is 47. The molecule has 12 aromatic heterocycles. The highest BCUT2D eigenvalue weighted by Gasteiger charge is 2.33. The predicted octanol–water partition coefficient (Wildman–Crippen LogP) is 39.2. The van der Waals surface area contributed by atoms with Crippen LogP contribution in [0.3, 0.4) is 0 Å². The Morgan fingerprint density at radius 1 is 0.161 bits per heavy atom. The zero-order valence-electron chi connectivity index (χ0n) is 79.1. The molecular formula is C134H73N9S6. The number of aromatic nitrogens is 9. The maximum Gasteiger partial charge on any atom is 0.166 e. The van der Waals surface area contributed by atoms with Crippen LogP contribution < -0.4 is 0 Å². The summed E-state index contributed by atoms with van der Waals surface area (Å²) in [5, 5.41) is 38.7. The monoisotopic (exact) mass is 2000 g/mol. The van der Waals surface area contributed by atoms with Crippen LogP contribution in [-0.2, 0) is 0 Å². The van der Waals surface area contributed by atoms with Crippen LogP contribution >= 0.6 is 68.0 Å². The molecule has 690 valence electrons. The van der Waals surface area contributed by atoms with E-state index >= 15 is 0 Å². The van der Waals surface area contributed by atoms with Gasteiger partial charge in [-0.2, -0.15) is 0 Å². The average molecular weight is 2000 g/mol. The molecule has 0 saturated carbocycles. The highest BCUT2D eigenvalue weighted by molar-refractivity contribution is 7.29. The Labute approximate surface area is 871 Å². The first kappa shape index (κ1) is 83.4. The fourth-order valence-corrected chi connectivity index (χ4v) is 31.5. The largest absolute Gasteiger partial charge is 0.290 e. The van der Waals surface area contributed by atoms with Gasteiger partial charge in [-0.3, -0.25) is 13.7 Å². The molecule has 0 bridgehead atoms. The summed E-state index contributed by atoms with van der Waals surface area (Å²) in [6.45, 7) is 0. The van der Waals surface area contributed by atoms with Gasteiger partial charge in [0.1, 0.15) is 48.1 Å². The molecule has 0 aliphatic rings. The molecule has 149 heavy (non-hydrogen) atoms. The molecule has 0 aliphatic heterocycles. The molecule has 23 aromatic carbocycles. The number of para-hydroxylation sites is 3. The highest BCUT2D eigenvalue weighted by Crippen LogP contribution is 2.57. The lowest BCUT2D eigenvalue weighted by Gasteiger charge is -2.15. The van der Waals surface area contributed by atoms with Gasteiger partial charge in [-0.1, -0.05) is 400 Å². The van der Waals surface area contributed by atoms with Gasteiger partial charge in [-0.15, -0.1) is 68.0 Å². The minimum absolute atomic E-state index is 0.856. The Morgan fingerprint density at radius 2 is 0.443 bits per heavy atom. The van der Waals surface area contributed by atoms with Crippen molar-refractivity contribution in [3.05, 3.63) is 443 Å². The average Bonchev–Trinajstić information content (AvgIpc) is 1.53. The maximum atomic E-state index is 5.65. The smallest absolute Gasteiger partial charge is 0.166 e. The molecule has 15 heteroatoms. The zero-order valence-corrected chi connectivity index (χ0v) is 84.0. The Hall–Kier alpha value is -17.9. The Bertz CT molecular complexity index is 12100. The second-order valence-electron chi connectivity index (χ2n) is 38.7. The summed E-state index contributed by atoms with van der Waals surface area (Å²) in [5.74, 6) is 2.57. The van der Waals surface area contributed by atoms with Gasteiger partial charge in [0.15, 0.2) is 17.5 Å². The molecule has 0 unspecified atom stereocenters. The van der Waals surface area contributed by atoms with Crippen LogP contribution in [0.25, 0.3) is 325 Å². The lowest BCUT2D eigenvalue weighted by Crippen LogP contribution is -2.03. The van der Waals surface area contributed by atoms with E-state index in [0.29, 0.717) is 0 Å². The minimum Gasteiger partial charge on any atom is -0.290 e. The Kier molecular flexibility index (Phi) is 18.1. The summed E-state index contributed by atoms with van der Waals surface area (Å²) < 4.78 is 18.6. The van der Waals surface area contributed by atoms with Crippen molar-refractivity contribution in [2.75, 3.05) is 0 Å². The summed E-state index contributed by atoms with van der Waals surface area (Å²) >= 11 is 10.9. The predicted molar refractivity (Wildman–Crippen MR) is 643 cm³/mol. The van der Waals surface area contributed by atoms with Gasteiger partial charge in [-0.05, 0) is 129 Å². The molecule has 0 amide bonds. The molecule has 0 spiro atoms. The number of hydrogen-bond acceptors (Lipinski definition) is 12. The van der Waals surface area contributed by atoms with Gasteiger partial charge in [0.25, 0.3) is 0 Å². The third-order valence-corrected chi connectivity index (χ3v) is 37.6. The van der Waals surface area contributed by atoms with Crippen molar-refractivity contribution in [3.63, 3.8) is 0 Å². The van der Waals surface area contributed by atoms with Crippen LogP contribution in [0, 0.1) is 0 Å². The van der Waals surface area contributed by atoms with Crippen molar-refractivity contribution in [3.8, 4) is 51.2 Å². The van der Waals surface area contributed by atoms with E-state index in [1.165, 1.54) is 210 Å². The summed E-state index contributed by atoms with van der Waals surface area (Å²) in [6.07, 6.45) is 0. The van der Waals surface area contributed by atoms with Crippen molar-refractivity contribution in [1.29, 1.82) is 0 Å². The van der Waals surface area contributed by atoms with Gasteiger partial charge < -0.3 is 0 Å². The van der Waals surface area contributed by atoms with Gasteiger partial charge in [0.05, 0.1) is 47.2 Å². The van der Waals surface area contributed by atoms with Crippen molar-refractivity contribution in [1.82, 2.24) is 43.6 Å². The Balaban J connectivity index is 0.0000000971. The topological polar surface area (TPSA) is 92.1 Å². The Morgan fingerprint density at radius 3 is 0.839 bits per heavy atom. The molecule has 0 saturated heterocycles. The molecular weight excluding hydrogens is 1930 g/mol. The van der Waals surface area contributed by atoms with Gasteiger partial charge in [0, 0.05) is 126 Å². The van der Waals surface area contributed by atoms with E-state index in [2.05, 4.69) is 457 Å². The third-order valence-electron chi connectivity index (χ3n) is 30.7. The summed E-state index contributed by atoms with van der Waals surface area (Å²) in [7, 11) is 0. The minimum atomic E-state index is 0.856. The fourth-order valence-electron chi connectivity index (χ4n) is 24.3. The van der Waals surface area contributed by atoms with Crippen molar-refractivity contribution in [2.45, 2.75) is 0 Å². The van der Waals surface area contributed by atoms with Gasteiger partial charge in [0.2, 0.25) is 0 Å². The second-order valence-corrected chi connectivity index (χ2v) is 44.8. The molecule has 0 aliphatic carbocycles. The number of nitrogens with zero attached hydrogens (tertiary/aromatic N) is 9. The zero-order chi connectivity index (χ0) is 97.1. The quantitative estimate of drug-likeness (QED) is 0.165. The molecule has 0 fully saturated rings. The normalized spacial score (nSPS) is 12.3. The van der Waals surface area contributed by atoms with Crippen LogP contribution in [0.4, 0.5) is 0 Å². The van der Waals surface area contributed by atoms with Crippen LogP contribution in [0.5, 0.6) is 0 Å². The molecule has 35 aromatic rings. The SMILES string of the molecule is c1ccc(-c2nc3c(nc2-n2c4ccccc4c4c5ccccc5c5c6ccc7ccccc7c6sc5c42)sc2ccccc23)cc1.c1ccc2c(-c3nc4c(nc3-n3c5ccccc5c5c6ccccc6c6c7ccc8ccccc8c7sc6c53)sc3ccccc34)cccc2c1.c1ccc2cc(-c3nc4c(nc3-n3c5ccccc5c5c6ccccc6c6c7ccc8ccccc8c7sc6c53)sc3ccccc34)ccc2c1. The van der Waals surface area contributed by atoms with E-state index in [0.717, 1.165) is 115 Å². The van der Waals surface area contributed by atoms with Crippen LogP contribution in [-0.4, -0.2) is 43.6 Å². The lowest BCUT2D eigenvalue weighted by molar-refractivity contribution is 1.09. The van der Waals surface area contributed by atoms with E-state index in [1.54, 1.807) is 34.0 Å². The second kappa shape index (κ2) is 32.3. The summed E-state index contributed by atoms with van der Waals surface area (Å²) in [6, 6.07) is 160. The molecule has 0 radical (unpaired) electrons. The van der Waals surface area contributed by atoms with E-state index in [-0.39, 0.29) is 0 Å². The molecule has 0 atom stereocenters. The van der Waals surface area contributed by atoms with Crippen molar-refractivity contribution >= 4 is 341 Å². The summed E-state index contributed by atoms with van der Waals surface area (Å²) in [4.78, 5) is 36.3. The third kappa shape index (κ3) is 12.2. The highest BCUT2D eigenvalue weighted by atomic mass is 32.1. The van der Waals surface area contributed by atoms with Crippen molar-refractivity contribution < 1.29 is 0 Å². The molecule has 12 heterocycles. The number of hydrogen-bond donors (Lipinski definition) is 0. The van der Waals surface area contributed by atoms with E-state index in [1.807, 2.05) is 34.0 Å². The van der Waals surface area contributed by atoms with E-state index in [4.69, 9.17) is 29.9 Å². The first-order chi connectivity index (χ1) is 73.9. The van der Waals surface area contributed by atoms with Crippen LogP contribution in [0.15, 0.2) is 443 Å². The first-order valence-electron chi connectivity index (χ1n) is 50.1. The maximum absolute atomic E-state index is 5.65. The number of benzene rings is 23. The number of rotatable bonds is 6. The van der Waals surface area contributed by atoms with Gasteiger partial charge in [-0.25, -0.2) is 29.9 Å². The van der Waals surface area contributed by atoms with Gasteiger partial charge >= 0.3 is 0 Å². The van der Waals surface area contributed by atoms with E-state index in [9.17, 15) is 0 Å². The standard InChI is InChI=1S/2C46H25N3S2.C42H23N3S2/c1-3-15-28-26(12-1)14-11-21-32(28)40-45(48-46-41(47-40)34-20-8-10-23-37(34)50-46)49-36-22-9-7-19-33(36)38-30-17-5-6-18-31(30)39-35-25-24-27-13-2-4-16-29(27)43(35)51-44(39)42(38)49;1-2-13-28-25-29(22-21-26(28)11-1)40-45(48-46-41(47-40)34-18-8-10-20-37(34)50-46)49-36-19-9-7-17-33(36)38-31-15-5-6-16-32(31)39-35-24-23-27-12-3-4-14-30(27)43(35)51-44(39)42(38)49;1-2-13-25(14-3-1)36-41(44-42-37(43-36)30-19-9-11-21-33(30)46-42)45-32-20-10-8-18-29(32)34-27-16-6-7-17-28(27)35-31-23-22-24-12-4-5-15-26(24)39(31)47-40(35)38(34)45/h2*1-25H;1-23H. The number of thiophene rings is 6. The first-order valence-corrected chi connectivity index (χ1v) is 55.0. The van der Waals surface area contributed by atoms with Crippen LogP contribution in [0.2, 0.25) is 0 Å². The fraction of sp³-hybridized carbons (Fsp3) is 0. The molecule has 35 rings (SSSR count). The molecule has 0 N–H and O–H groups in total.